The van der Waals surface area contributed by atoms with E-state index in [1.165, 1.54) is 25.0 Å². The molecule has 1 N–H and O–H groups in total. The second kappa shape index (κ2) is 8.66. The quantitative estimate of drug-likeness (QED) is 0.549. The molecule has 0 radical (unpaired) electrons. The molecule has 0 rings (SSSR count). The summed E-state index contributed by atoms with van der Waals surface area (Å²) in [5.74, 6) is 8.10. The van der Waals surface area contributed by atoms with Crippen LogP contribution in [0.1, 0.15) is 47.0 Å². The Bertz CT molecular complexity index is 283. The molecule has 0 amide bonds. The van der Waals surface area contributed by atoms with Crippen LogP contribution in [0.5, 0.6) is 0 Å². The molecule has 0 saturated heterocycles. The summed E-state index contributed by atoms with van der Waals surface area (Å²) in [7, 11) is 0. The number of hydrogen-bond acceptors (Lipinski definition) is 2. The molecule has 0 aromatic heterocycles. The van der Waals surface area contributed by atoms with Gasteiger partial charge in [-0.25, -0.2) is 0 Å². The lowest BCUT2D eigenvalue weighted by Crippen LogP contribution is -2.32. The Hall–Kier alpha value is -0.390. The molecule has 0 bridgehead atoms. The molecule has 0 saturated carbocycles. The summed E-state index contributed by atoms with van der Waals surface area (Å²) in [6.07, 6.45) is 3.83. The average molecular weight is 254 g/mol. The number of unbranched alkanes of at least 4 members (excludes halogenated alkanes) is 2. The molecule has 17 heavy (non-hydrogen) atoms. The Morgan fingerprint density at radius 1 is 1.47 bits per heavy atom. The Balaban J connectivity index is 4.00. The number of hydrogen-bond donors (Lipinski definition) is 1. The zero-order valence-electron chi connectivity index (χ0n) is 11.7. The SMILES string of the molecule is C=C(C)C#CC(C)(O)C(C)CSCCCCC. The normalized spacial score (nSPS) is 15.6. The van der Waals surface area contributed by atoms with Crippen molar-refractivity contribution in [2.24, 2.45) is 5.92 Å². The summed E-state index contributed by atoms with van der Waals surface area (Å²) >= 11 is 1.91. The predicted octanol–water partition coefficient (Wildman–Crippen LogP) is 3.88. The highest BCUT2D eigenvalue weighted by atomic mass is 32.2. The van der Waals surface area contributed by atoms with E-state index in [0.29, 0.717) is 0 Å². The van der Waals surface area contributed by atoms with Crippen LogP contribution >= 0.6 is 11.8 Å². The van der Waals surface area contributed by atoms with Gasteiger partial charge in [-0.05, 0) is 37.3 Å². The molecular formula is C15H26OS. The van der Waals surface area contributed by atoms with E-state index in [-0.39, 0.29) is 5.92 Å². The second-order valence-corrected chi connectivity index (χ2v) is 6.01. The zero-order chi connectivity index (χ0) is 13.3. The molecule has 0 fully saturated rings. The Morgan fingerprint density at radius 3 is 2.65 bits per heavy atom. The lowest BCUT2D eigenvalue weighted by molar-refractivity contribution is 0.0747. The molecule has 98 valence electrons. The van der Waals surface area contributed by atoms with Gasteiger partial charge in [0.1, 0.15) is 5.60 Å². The molecule has 0 heterocycles. The minimum atomic E-state index is -0.906. The van der Waals surface area contributed by atoms with E-state index in [1.807, 2.05) is 18.7 Å². The predicted molar refractivity (Wildman–Crippen MR) is 79.2 cm³/mol. The topological polar surface area (TPSA) is 20.2 Å². The summed E-state index contributed by atoms with van der Waals surface area (Å²) in [5, 5.41) is 10.2. The molecule has 2 atom stereocenters. The van der Waals surface area contributed by atoms with Crippen LogP contribution in [0.15, 0.2) is 12.2 Å². The Labute approximate surface area is 111 Å². The van der Waals surface area contributed by atoms with Crippen LogP contribution in [-0.2, 0) is 0 Å². The lowest BCUT2D eigenvalue weighted by Gasteiger charge is -2.24. The minimum absolute atomic E-state index is 0.181. The third-order valence-corrected chi connectivity index (χ3v) is 4.06. The Morgan fingerprint density at radius 2 is 2.12 bits per heavy atom. The third kappa shape index (κ3) is 8.35. The first-order valence-corrected chi connectivity index (χ1v) is 7.54. The van der Waals surface area contributed by atoms with Gasteiger partial charge in [0.15, 0.2) is 0 Å². The van der Waals surface area contributed by atoms with E-state index in [2.05, 4.69) is 32.3 Å². The highest BCUT2D eigenvalue weighted by molar-refractivity contribution is 7.99. The van der Waals surface area contributed by atoms with Crippen molar-refractivity contribution in [3.63, 3.8) is 0 Å². The maximum absolute atomic E-state index is 10.2. The largest absolute Gasteiger partial charge is 0.378 e. The monoisotopic (exact) mass is 254 g/mol. The van der Waals surface area contributed by atoms with Crippen molar-refractivity contribution in [1.82, 2.24) is 0 Å². The van der Waals surface area contributed by atoms with Crippen molar-refractivity contribution in [3.8, 4) is 11.8 Å². The highest BCUT2D eigenvalue weighted by Gasteiger charge is 2.25. The van der Waals surface area contributed by atoms with E-state index >= 15 is 0 Å². The van der Waals surface area contributed by atoms with Gasteiger partial charge in [0.2, 0.25) is 0 Å². The van der Waals surface area contributed by atoms with Crippen LogP contribution in [0, 0.1) is 17.8 Å². The molecule has 0 aliphatic heterocycles. The average Bonchev–Trinajstić information content (AvgIpc) is 2.26. The van der Waals surface area contributed by atoms with Crippen molar-refractivity contribution in [2.75, 3.05) is 11.5 Å². The third-order valence-electron chi connectivity index (χ3n) is 2.75. The van der Waals surface area contributed by atoms with Gasteiger partial charge in [-0.2, -0.15) is 11.8 Å². The summed E-state index contributed by atoms with van der Waals surface area (Å²) in [6.45, 7) is 11.6. The van der Waals surface area contributed by atoms with E-state index in [0.717, 1.165) is 11.3 Å². The van der Waals surface area contributed by atoms with Crippen molar-refractivity contribution >= 4 is 11.8 Å². The maximum Gasteiger partial charge on any atom is 0.126 e. The molecule has 0 aliphatic carbocycles. The zero-order valence-corrected chi connectivity index (χ0v) is 12.5. The van der Waals surface area contributed by atoms with Gasteiger partial charge in [-0.1, -0.05) is 45.1 Å². The van der Waals surface area contributed by atoms with Gasteiger partial charge >= 0.3 is 0 Å². The standard InChI is InChI=1S/C15H26OS/c1-6-7-8-11-17-12-14(4)15(5,16)10-9-13(2)3/h14,16H,2,6-8,11-12H2,1,3-5H3. The van der Waals surface area contributed by atoms with Gasteiger partial charge in [0, 0.05) is 5.92 Å². The minimum Gasteiger partial charge on any atom is -0.378 e. The first kappa shape index (κ1) is 16.6. The van der Waals surface area contributed by atoms with Gasteiger partial charge in [0.05, 0.1) is 0 Å². The van der Waals surface area contributed by atoms with Crippen LogP contribution in [0.4, 0.5) is 0 Å². The number of rotatable bonds is 7. The number of thioether (sulfide) groups is 1. The van der Waals surface area contributed by atoms with Crippen LogP contribution < -0.4 is 0 Å². The van der Waals surface area contributed by atoms with Crippen LogP contribution in [0.3, 0.4) is 0 Å². The molecule has 0 aromatic carbocycles. The molecular weight excluding hydrogens is 228 g/mol. The summed E-state index contributed by atoms with van der Waals surface area (Å²) in [6, 6.07) is 0. The maximum atomic E-state index is 10.2. The molecule has 0 aliphatic rings. The second-order valence-electron chi connectivity index (χ2n) is 4.86. The van der Waals surface area contributed by atoms with Crippen molar-refractivity contribution in [3.05, 3.63) is 12.2 Å². The van der Waals surface area contributed by atoms with E-state index in [4.69, 9.17) is 0 Å². The fraction of sp³-hybridized carbons (Fsp3) is 0.733. The van der Waals surface area contributed by atoms with Gasteiger partial charge < -0.3 is 5.11 Å². The van der Waals surface area contributed by atoms with Gasteiger partial charge in [0.25, 0.3) is 0 Å². The highest BCUT2D eigenvalue weighted by Crippen LogP contribution is 2.21. The van der Waals surface area contributed by atoms with Crippen molar-refractivity contribution < 1.29 is 5.11 Å². The van der Waals surface area contributed by atoms with E-state index in [9.17, 15) is 5.11 Å². The fourth-order valence-electron chi connectivity index (χ4n) is 1.23. The van der Waals surface area contributed by atoms with Crippen LogP contribution in [0.25, 0.3) is 0 Å². The lowest BCUT2D eigenvalue weighted by atomic mass is 9.93. The van der Waals surface area contributed by atoms with E-state index < -0.39 is 5.60 Å². The van der Waals surface area contributed by atoms with Gasteiger partial charge in [-0.3, -0.25) is 0 Å². The Kier molecular flexibility index (Phi) is 8.47. The number of aliphatic hydroxyl groups is 1. The fourth-order valence-corrected chi connectivity index (χ4v) is 2.49. The molecule has 2 unspecified atom stereocenters. The molecule has 1 nitrogen and oxygen atoms in total. The molecule has 2 heteroatoms. The summed E-state index contributed by atoms with van der Waals surface area (Å²) < 4.78 is 0. The summed E-state index contributed by atoms with van der Waals surface area (Å²) in [4.78, 5) is 0. The van der Waals surface area contributed by atoms with Crippen LogP contribution in [0.2, 0.25) is 0 Å². The molecule has 0 spiro atoms. The molecule has 0 aromatic rings. The summed E-state index contributed by atoms with van der Waals surface area (Å²) in [5.41, 5.74) is -0.107. The van der Waals surface area contributed by atoms with Gasteiger partial charge in [-0.15, -0.1) is 0 Å². The number of allylic oxidation sites excluding steroid dienone is 1. The van der Waals surface area contributed by atoms with E-state index in [1.54, 1.807) is 6.92 Å². The smallest absolute Gasteiger partial charge is 0.126 e. The van der Waals surface area contributed by atoms with Crippen molar-refractivity contribution in [2.45, 2.75) is 52.6 Å². The van der Waals surface area contributed by atoms with Crippen molar-refractivity contribution in [1.29, 1.82) is 0 Å². The van der Waals surface area contributed by atoms with Crippen LogP contribution in [-0.4, -0.2) is 22.2 Å². The first-order chi connectivity index (χ1) is 7.90. The first-order valence-electron chi connectivity index (χ1n) is 6.39.